The summed E-state index contributed by atoms with van der Waals surface area (Å²) < 4.78 is 34.2. The van der Waals surface area contributed by atoms with Crippen LogP contribution in [0, 0.1) is 0 Å². The van der Waals surface area contributed by atoms with Gasteiger partial charge in [-0.25, -0.2) is 0 Å². The number of ether oxygens (including phenoxy) is 2. The number of para-hydroxylation sites is 1. The number of amides is 1. The maximum absolute atomic E-state index is 12.2. The van der Waals surface area contributed by atoms with Crippen molar-refractivity contribution in [2.75, 3.05) is 17.2 Å². The summed E-state index contributed by atoms with van der Waals surface area (Å²) in [6, 6.07) is 20.8. The Morgan fingerprint density at radius 3 is 2.24 bits per heavy atom. The molecule has 3 aromatic rings. The van der Waals surface area contributed by atoms with Crippen molar-refractivity contribution in [1.29, 1.82) is 0 Å². The molecule has 3 rings (SSSR count). The van der Waals surface area contributed by atoms with Gasteiger partial charge in [0.25, 0.3) is 5.91 Å². The number of hydrogen-bond acceptors (Lipinski definition) is 4. The molecule has 0 aliphatic carbocycles. The topological polar surface area (TPSA) is 59.6 Å². The normalized spacial score (nSPS) is 10.5. The molecule has 0 heterocycles. The van der Waals surface area contributed by atoms with Gasteiger partial charge in [-0.2, -0.15) is 8.78 Å². The van der Waals surface area contributed by atoms with Crippen LogP contribution in [0.15, 0.2) is 72.8 Å². The first-order valence-electron chi connectivity index (χ1n) is 8.59. The molecule has 5 nitrogen and oxygen atoms in total. The number of anilines is 3. The first-order valence-corrected chi connectivity index (χ1v) is 8.96. The SMILES string of the molecule is O=C(COc1ccc(Nc2ccccc2)cc1)Nc1ccc(OC(F)F)c(Cl)c1. The number of rotatable bonds is 8. The van der Waals surface area contributed by atoms with Gasteiger partial charge in [0.2, 0.25) is 0 Å². The molecule has 0 aliphatic heterocycles. The Morgan fingerprint density at radius 1 is 0.931 bits per heavy atom. The zero-order chi connectivity index (χ0) is 20.6. The van der Waals surface area contributed by atoms with Crippen LogP contribution in [0.5, 0.6) is 11.5 Å². The molecular formula is C21H17ClF2N2O3. The van der Waals surface area contributed by atoms with Crippen LogP contribution in [-0.4, -0.2) is 19.1 Å². The summed E-state index contributed by atoms with van der Waals surface area (Å²) in [6.07, 6.45) is 0. The van der Waals surface area contributed by atoms with Crippen molar-refractivity contribution >= 4 is 34.6 Å². The lowest BCUT2D eigenvalue weighted by atomic mass is 10.2. The Bertz CT molecular complexity index is 954. The number of carbonyl (C=O) groups excluding carboxylic acids is 1. The van der Waals surface area contributed by atoms with Crippen molar-refractivity contribution < 1.29 is 23.0 Å². The van der Waals surface area contributed by atoms with Gasteiger partial charge in [-0.15, -0.1) is 0 Å². The summed E-state index contributed by atoms with van der Waals surface area (Å²) in [5.74, 6) is -0.0623. The van der Waals surface area contributed by atoms with Gasteiger partial charge in [0, 0.05) is 17.1 Å². The summed E-state index contributed by atoms with van der Waals surface area (Å²) in [4.78, 5) is 12.0. The zero-order valence-electron chi connectivity index (χ0n) is 15.1. The van der Waals surface area contributed by atoms with Gasteiger partial charge in [0.15, 0.2) is 6.61 Å². The number of carbonyl (C=O) groups is 1. The molecule has 0 aliphatic rings. The summed E-state index contributed by atoms with van der Waals surface area (Å²) in [7, 11) is 0. The number of halogens is 3. The third kappa shape index (κ3) is 6.36. The molecule has 0 fully saturated rings. The van der Waals surface area contributed by atoms with Crippen LogP contribution in [0.4, 0.5) is 25.8 Å². The predicted octanol–water partition coefficient (Wildman–Crippen LogP) is 5.70. The second-order valence-electron chi connectivity index (χ2n) is 5.88. The number of benzene rings is 3. The monoisotopic (exact) mass is 418 g/mol. The van der Waals surface area contributed by atoms with Crippen LogP contribution in [0.1, 0.15) is 0 Å². The van der Waals surface area contributed by atoms with Crippen molar-refractivity contribution in [2.45, 2.75) is 6.61 Å². The average Bonchev–Trinajstić information content (AvgIpc) is 2.70. The van der Waals surface area contributed by atoms with Crippen molar-refractivity contribution in [1.82, 2.24) is 0 Å². The molecule has 8 heteroatoms. The third-order valence-electron chi connectivity index (χ3n) is 3.72. The van der Waals surface area contributed by atoms with Crippen molar-refractivity contribution in [2.24, 2.45) is 0 Å². The Labute approximate surface area is 171 Å². The van der Waals surface area contributed by atoms with Crippen LogP contribution >= 0.6 is 11.6 Å². The molecule has 0 aromatic heterocycles. The standard InChI is InChI=1S/C21H17ClF2N2O3/c22-18-12-16(8-11-19(18)29-21(23)24)26-20(27)13-28-17-9-6-15(7-10-17)25-14-4-2-1-3-5-14/h1-12,21,25H,13H2,(H,26,27). The van der Waals surface area contributed by atoms with Gasteiger partial charge in [0.1, 0.15) is 11.5 Å². The molecule has 29 heavy (non-hydrogen) atoms. The highest BCUT2D eigenvalue weighted by molar-refractivity contribution is 6.32. The van der Waals surface area contributed by atoms with Crippen LogP contribution in [0.25, 0.3) is 0 Å². The molecule has 0 bridgehead atoms. The summed E-state index contributed by atoms with van der Waals surface area (Å²) in [6.45, 7) is -3.20. The van der Waals surface area contributed by atoms with Crippen LogP contribution < -0.4 is 20.1 Å². The summed E-state index contributed by atoms with van der Waals surface area (Å²) >= 11 is 5.86. The van der Waals surface area contributed by atoms with Gasteiger partial charge >= 0.3 is 6.61 Å². The molecule has 0 saturated carbocycles. The Morgan fingerprint density at radius 2 is 1.59 bits per heavy atom. The van der Waals surface area contributed by atoms with Gasteiger partial charge in [-0.05, 0) is 54.6 Å². The minimum atomic E-state index is -2.98. The summed E-state index contributed by atoms with van der Waals surface area (Å²) in [5.41, 5.74) is 2.19. The van der Waals surface area contributed by atoms with Crippen LogP contribution in [0.2, 0.25) is 5.02 Å². The fourth-order valence-electron chi connectivity index (χ4n) is 2.44. The van der Waals surface area contributed by atoms with Gasteiger partial charge < -0.3 is 20.1 Å². The zero-order valence-corrected chi connectivity index (χ0v) is 15.8. The second kappa shape index (κ2) is 9.75. The van der Waals surface area contributed by atoms with Crippen LogP contribution in [0.3, 0.4) is 0 Å². The average molecular weight is 419 g/mol. The fourth-order valence-corrected chi connectivity index (χ4v) is 2.66. The van der Waals surface area contributed by atoms with E-state index in [1.54, 1.807) is 12.1 Å². The highest BCUT2D eigenvalue weighted by Gasteiger charge is 2.10. The lowest BCUT2D eigenvalue weighted by Gasteiger charge is -2.11. The van der Waals surface area contributed by atoms with E-state index in [2.05, 4.69) is 15.4 Å². The first kappa shape index (κ1) is 20.4. The molecule has 0 unspecified atom stereocenters. The van der Waals surface area contributed by atoms with E-state index in [1.807, 2.05) is 42.5 Å². The third-order valence-corrected chi connectivity index (χ3v) is 4.01. The Balaban J connectivity index is 1.49. The molecule has 1 amide bonds. The quantitative estimate of drug-likeness (QED) is 0.492. The Kier molecular flexibility index (Phi) is 6.86. The van der Waals surface area contributed by atoms with Gasteiger partial charge in [0.05, 0.1) is 5.02 Å². The molecule has 3 aromatic carbocycles. The van der Waals surface area contributed by atoms with E-state index in [1.165, 1.54) is 18.2 Å². The smallest absolute Gasteiger partial charge is 0.387 e. The lowest BCUT2D eigenvalue weighted by Crippen LogP contribution is -2.20. The van der Waals surface area contributed by atoms with Crippen molar-refractivity contribution in [3.63, 3.8) is 0 Å². The minimum Gasteiger partial charge on any atom is -0.484 e. The van der Waals surface area contributed by atoms with E-state index < -0.39 is 12.5 Å². The second-order valence-corrected chi connectivity index (χ2v) is 6.28. The maximum Gasteiger partial charge on any atom is 0.387 e. The molecule has 0 atom stereocenters. The number of alkyl halides is 2. The Hall–Kier alpha value is -3.32. The fraction of sp³-hybridized carbons (Fsp3) is 0.0952. The molecular weight excluding hydrogens is 402 g/mol. The van der Waals surface area contributed by atoms with Crippen molar-refractivity contribution in [3.8, 4) is 11.5 Å². The lowest BCUT2D eigenvalue weighted by molar-refractivity contribution is -0.118. The number of hydrogen-bond donors (Lipinski definition) is 2. The summed E-state index contributed by atoms with van der Waals surface area (Å²) in [5, 5.41) is 5.78. The molecule has 2 N–H and O–H groups in total. The predicted molar refractivity (Wildman–Crippen MR) is 108 cm³/mol. The minimum absolute atomic E-state index is 0.0366. The molecule has 150 valence electrons. The molecule has 0 saturated heterocycles. The van der Waals surface area contributed by atoms with E-state index in [4.69, 9.17) is 16.3 Å². The molecule has 0 radical (unpaired) electrons. The number of nitrogens with one attached hydrogen (secondary N) is 2. The van der Waals surface area contributed by atoms with Gasteiger partial charge in [-0.3, -0.25) is 4.79 Å². The van der Waals surface area contributed by atoms with E-state index >= 15 is 0 Å². The van der Waals surface area contributed by atoms with Crippen LogP contribution in [-0.2, 0) is 4.79 Å². The van der Waals surface area contributed by atoms with Crippen molar-refractivity contribution in [3.05, 3.63) is 77.8 Å². The van der Waals surface area contributed by atoms with E-state index in [9.17, 15) is 13.6 Å². The van der Waals surface area contributed by atoms with E-state index in [-0.39, 0.29) is 17.4 Å². The molecule has 0 spiro atoms. The highest BCUT2D eigenvalue weighted by Crippen LogP contribution is 2.29. The highest BCUT2D eigenvalue weighted by atomic mass is 35.5. The van der Waals surface area contributed by atoms with E-state index in [0.717, 1.165) is 11.4 Å². The van der Waals surface area contributed by atoms with Gasteiger partial charge in [-0.1, -0.05) is 29.8 Å². The maximum atomic E-state index is 12.2. The van der Waals surface area contributed by atoms with E-state index in [0.29, 0.717) is 11.4 Å². The first-order chi connectivity index (χ1) is 14.0. The largest absolute Gasteiger partial charge is 0.484 e.